The van der Waals surface area contributed by atoms with Gasteiger partial charge in [-0.15, -0.1) is 23.1 Å². The number of nitrogens with zero attached hydrogens (tertiary/aromatic N) is 3. The van der Waals surface area contributed by atoms with Crippen LogP contribution in [0.1, 0.15) is 148 Å². The van der Waals surface area contributed by atoms with E-state index in [0.29, 0.717) is 53.6 Å². The van der Waals surface area contributed by atoms with Crippen LogP contribution >= 0.6 is 0 Å². The number of rotatable bonds is 9. The minimum atomic E-state index is -0.347. The van der Waals surface area contributed by atoms with E-state index < -0.39 is 0 Å². The maximum absolute atomic E-state index is 7.05. The normalized spacial score (nSPS) is 17.2. The third-order valence-electron chi connectivity index (χ3n) is 13.2. The number of aryl methyl sites for hydroxylation is 1. The summed E-state index contributed by atoms with van der Waals surface area (Å²) in [5.41, 5.74) is 12.1. The van der Waals surface area contributed by atoms with Gasteiger partial charge in [0.25, 0.3) is 0 Å². The summed E-state index contributed by atoms with van der Waals surface area (Å²) in [5, 5.41) is 2.37. The van der Waals surface area contributed by atoms with E-state index in [9.17, 15) is 0 Å². The van der Waals surface area contributed by atoms with Gasteiger partial charge < -0.3 is 14.0 Å². The molecule has 5 nitrogen and oxygen atoms in total. The van der Waals surface area contributed by atoms with Crippen LogP contribution in [0.4, 0.5) is 0 Å². The van der Waals surface area contributed by atoms with Crippen LogP contribution < -0.4 is 4.74 Å². The van der Waals surface area contributed by atoms with Gasteiger partial charge in [0.1, 0.15) is 18.3 Å². The number of pyridine rings is 1. The summed E-state index contributed by atoms with van der Waals surface area (Å²) in [6, 6.07) is 29.9. The van der Waals surface area contributed by atoms with E-state index in [2.05, 4.69) is 181 Å². The molecule has 2 aliphatic rings. The second-order valence-corrected chi connectivity index (χ2v) is 20.5. The minimum absolute atomic E-state index is 0. The molecule has 8 rings (SSSR count). The number of aromatic nitrogens is 2. The quantitative estimate of drug-likeness (QED) is 0.136. The Hall–Kier alpha value is -4.21. The summed E-state index contributed by atoms with van der Waals surface area (Å²) in [5.74, 6) is 4.78. The van der Waals surface area contributed by atoms with Gasteiger partial charge in [-0.1, -0.05) is 162 Å². The molecular formula is C54H63N3O2Pt. The Labute approximate surface area is 373 Å². The summed E-state index contributed by atoms with van der Waals surface area (Å²) in [4.78, 5) is 10.4. The van der Waals surface area contributed by atoms with Crippen molar-refractivity contribution < 1.29 is 30.5 Å². The topological polar surface area (TPSA) is 48.6 Å². The second kappa shape index (κ2) is 15.6. The molecule has 0 radical (unpaired) electrons. The van der Waals surface area contributed by atoms with Crippen molar-refractivity contribution in [1.82, 2.24) is 9.55 Å². The van der Waals surface area contributed by atoms with Crippen molar-refractivity contribution in [3.8, 4) is 28.4 Å². The molecule has 0 saturated carbocycles. The second-order valence-electron chi connectivity index (χ2n) is 20.5. The van der Waals surface area contributed by atoms with Crippen LogP contribution in [0.5, 0.6) is 11.5 Å². The zero-order chi connectivity index (χ0) is 42.5. The Kier molecular flexibility index (Phi) is 11.4. The molecule has 4 aromatic carbocycles. The predicted octanol–water partition coefficient (Wildman–Crippen LogP) is 14.2. The van der Waals surface area contributed by atoms with Crippen molar-refractivity contribution in [3.63, 3.8) is 0 Å². The molecule has 316 valence electrons. The molecule has 60 heavy (non-hydrogen) atoms. The van der Waals surface area contributed by atoms with E-state index >= 15 is 0 Å². The van der Waals surface area contributed by atoms with E-state index in [4.69, 9.17) is 19.5 Å². The monoisotopic (exact) mass is 980 g/mol. The molecule has 1 atom stereocenters. The third kappa shape index (κ3) is 7.25. The Morgan fingerprint density at radius 2 is 1.47 bits per heavy atom. The Bertz CT molecular complexity index is 2620. The number of hydrogen-bond donors (Lipinski definition) is 0. The Morgan fingerprint density at radius 3 is 2.08 bits per heavy atom. The fourth-order valence-corrected chi connectivity index (χ4v) is 10.5. The van der Waals surface area contributed by atoms with E-state index in [-0.39, 0.29) is 37.4 Å². The van der Waals surface area contributed by atoms with Crippen LogP contribution in [-0.2, 0) is 36.6 Å². The van der Waals surface area contributed by atoms with Gasteiger partial charge in [0.05, 0.1) is 5.54 Å². The maximum Gasteiger partial charge on any atom is 2.00 e. The molecule has 2 aromatic heterocycles. The summed E-state index contributed by atoms with van der Waals surface area (Å²) in [6.07, 6.45) is 1.90. The van der Waals surface area contributed by atoms with Gasteiger partial charge in [0.2, 0.25) is 0 Å². The molecular weight excluding hydrogens is 918 g/mol. The maximum atomic E-state index is 7.05. The molecule has 0 spiro atoms. The molecule has 6 heteroatoms. The van der Waals surface area contributed by atoms with Gasteiger partial charge in [0.15, 0.2) is 0 Å². The minimum Gasteiger partial charge on any atom is -0.518 e. The van der Waals surface area contributed by atoms with Crippen molar-refractivity contribution in [2.45, 2.75) is 132 Å². The number of hydrogen-bond acceptors (Lipinski definition) is 4. The fraction of sp³-hybridized carbons (Fsp3) is 0.444. The SMILES string of the molecule is Cc1cc2c3cc(C(C)(C)C)cc4c3n(c2[c-]c1Oc1[c-]c(C2=N[C@](C)(C(C(C)C)C(C)C)CO2)cc(-c2c(C(C)C)cccc2C(C)C)c1)-c1ncccc1C4(C)C.[Pt+2]. The van der Waals surface area contributed by atoms with Crippen LogP contribution in [0.15, 0.2) is 71.9 Å². The van der Waals surface area contributed by atoms with Gasteiger partial charge in [-0.05, 0) is 81.2 Å². The molecule has 0 fully saturated rings. The molecule has 0 saturated heterocycles. The molecule has 0 unspecified atom stereocenters. The number of aliphatic imine (C=N–C) groups is 1. The molecule has 0 amide bonds. The van der Waals surface area contributed by atoms with Gasteiger partial charge in [-0.25, -0.2) is 4.98 Å². The molecule has 0 N–H and O–H groups in total. The number of ether oxygens (including phenoxy) is 2. The van der Waals surface area contributed by atoms with Crippen molar-refractivity contribution in [3.05, 3.63) is 118 Å². The summed E-state index contributed by atoms with van der Waals surface area (Å²) >= 11 is 0. The van der Waals surface area contributed by atoms with Crippen LogP contribution in [0.2, 0.25) is 0 Å². The molecule has 2 aliphatic heterocycles. The fourth-order valence-electron chi connectivity index (χ4n) is 10.5. The summed E-state index contributed by atoms with van der Waals surface area (Å²) in [6.45, 7) is 34.8. The average Bonchev–Trinajstić information content (AvgIpc) is 3.70. The first kappa shape index (κ1) is 43.9. The zero-order valence-corrected chi connectivity index (χ0v) is 40.7. The van der Waals surface area contributed by atoms with E-state index in [1.165, 1.54) is 44.3 Å². The van der Waals surface area contributed by atoms with Gasteiger partial charge >= 0.3 is 21.1 Å². The average molecular weight is 981 g/mol. The number of benzene rings is 4. The third-order valence-corrected chi connectivity index (χ3v) is 13.2. The number of fused-ring (bicyclic) bond motifs is 5. The van der Waals surface area contributed by atoms with Gasteiger partial charge in [-0.3, -0.25) is 4.99 Å². The molecule has 0 bridgehead atoms. The molecule has 4 heterocycles. The van der Waals surface area contributed by atoms with Crippen molar-refractivity contribution in [2.24, 2.45) is 22.7 Å². The molecule has 6 aromatic rings. The van der Waals surface area contributed by atoms with Gasteiger partial charge in [0, 0.05) is 34.2 Å². The van der Waals surface area contributed by atoms with Crippen molar-refractivity contribution in [2.75, 3.05) is 6.61 Å². The first-order valence-corrected chi connectivity index (χ1v) is 21.8. The molecule has 0 aliphatic carbocycles. The van der Waals surface area contributed by atoms with Crippen LogP contribution in [0.3, 0.4) is 0 Å². The van der Waals surface area contributed by atoms with E-state index in [1.54, 1.807) is 0 Å². The zero-order valence-electron chi connectivity index (χ0n) is 38.4. The Balaban J connectivity index is 0.00000544. The first-order valence-electron chi connectivity index (χ1n) is 21.8. The standard InChI is InChI=1S/C54H63N3O2.Pt/c1-30(2)39-18-16-19-40(31(3)4)47(39)35-23-36(51-56-54(15,29-58-51)48(32(5)6)33(7)8)25-38(24-35)59-46-28-45-41(22-34(46)9)42-26-37(52(10,11)12)27-44-49(42)57(45)50-43(53(44,13)14)20-17-21-55-50;/h16-24,26-27,30-33,48H,29H2,1-15H3;/q-2;+2/t54-;/m0./s1. The summed E-state index contributed by atoms with van der Waals surface area (Å²) in [7, 11) is 0. The first-order chi connectivity index (χ1) is 27.7. The van der Waals surface area contributed by atoms with Crippen molar-refractivity contribution in [1.29, 1.82) is 0 Å². The Morgan fingerprint density at radius 1 is 0.800 bits per heavy atom. The largest absolute Gasteiger partial charge is 2.00 e. The smallest absolute Gasteiger partial charge is 0.518 e. The summed E-state index contributed by atoms with van der Waals surface area (Å²) < 4.78 is 16.0. The van der Waals surface area contributed by atoms with Gasteiger partial charge in [-0.2, -0.15) is 6.07 Å². The van der Waals surface area contributed by atoms with Crippen LogP contribution in [0, 0.1) is 36.8 Å². The van der Waals surface area contributed by atoms with Crippen LogP contribution in [-0.4, -0.2) is 27.6 Å². The predicted molar refractivity (Wildman–Crippen MR) is 246 cm³/mol. The van der Waals surface area contributed by atoms with Crippen LogP contribution in [0.25, 0.3) is 38.8 Å². The van der Waals surface area contributed by atoms with Crippen molar-refractivity contribution >= 4 is 27.7 Å². The van der Waals surface area contributed by atoms with E-state index in [1.807, 2.05) is 6.20 Å². The van der Waals surface area contributed by atoms with E-state index in [0.717, 1.165) is 33.4 Å².